The Balaban J connectivity index is 1.59. The summed E-state index contributed by atoms with van der Waals surface area (Å²) in [7, 11) is 1.88. The molecule has 1 saturated heterocycles. The first-order valence-corrected chi connectivity index (χ1v) is 8.52. The average molecular weight is 327 g/mol. The molecule has 2 heterocycles. The maximum absolute atomic E-state index is 12.5. The van der Waals surface area contributed by atoms with E-state index >= 15 is 0 Å². The van der Waals surface area contributed by atoms with Gasteiger partial charge >= 0.3 is 6.03 Å². The molecular weight excluding hydrogens is 302 g/mol. The molecule has 1 aromatic carbocycles. The molecule has 128 valence electrons. The second-order valence-electron chi connectivity index (χ2n) is 6.38. The molecule has 0 saturated carbocycles. The Bertz CT molecular complexity index is 642. The number of piperidine rings is 1. The highest BCUT2D eigenvalue weighted by atomic mass is 16.3. The molecule has 1 N–H and O–H groups in total. The van der Waals surface area contributed by atoms with Crippen molar-refractivity contribution in [3.8, 4) is 0 Å². The highest BCUT2D eigenvalue weighted by molar-refractivity contribution is 5.74. The van der Waals surface area contributed by atoms with E-state index in [0.29, 0.717) is 0 Å². The van der Waals surface area contributed by atoms with Gasteiger partial charge in [0.15, 0.2) is 0 Å². The van der Waals surface area contributed by atoms with Crippen LogP contribution in [0.25, 0.3) is 0 Å². The van der Waals surface area contributed by atoms with E-state index in [9.17, 15) is 4.79 Å². The molecule has 5 heteroatoms. The molecular formula is C19H25N3O2. The number of nitrogens with zero attached hydrogens (tertiary/aromatic N) is 2. The van der Waals surface area contributed by atoms with Crippen LogP contribution in [0.2, 0.25) is 0 Å². The van der Waals surface area contributed by atoms with Gasteiger partial charge in [0.05, 0.1) is 18.3 Å². The summed E-state index contributed by atoms with van der Waals surface area (Å²) in [5, 5.41) is 3.01. The van der Waals surface area contributed by atoms with E-state index in [1.807, 2.05) is 37.1 Å². The van der Waals surface area contributed by atoms with E-state index in [2.05, 4.69) is 34.5 Å². The third kappa shape index (κ3) is 3.72. The van der Waals surface area contributed by atoms with Crippen molar-refractivity contribution in [2.75, 3.05) is 25.0 Å². The van der Waals surface area contributed by atoms with Crippen LogP contribution in [-0.4, -0.2) is 37.1 Å². The molecule has 2 aromatic rings. The fraction of sp³-hybridized carbons (Fsp3) is 0.421. The van der Waals surface area contributed by atoms with E-state index in [1.54, 1.807) is 6.26 Å². The summed E-state index contributed by atoms with van der Waals surface area (Å²) in [6, 6.07) is 14.1. The summed E-state index contributed by atoms with van der Waals surface area (Å²) in [4.78, 5) is 16.7. The van der Waals surface area contributed by atoms with Gasteiger partial charge in [0.1, 0.15) is 5.76 Å². The van der Waals surface area contributed by atoms with Crippen LogP contribution in [0.4, 0.5) is 10.5 Å². The Labute approximate surface area is 143 Å². The van der Waals surface area contributed by atoms with Crippen molar-refractivity contribution in [3.05, 3.63) is 54.5 Å². The lowest BCUT2D eigenvalue weighted by atomic mass is 10.0. The van der Waals surface area contributed by atoms with Gasteiger partial charge in [-0.1, -0.05) is 18.2 Å². The van der Waals surface area contributed by atoms with Crippen LogP contribution >= 0.6 is 0 Å². The van der Waals surface area contributed by atoms with Gasteiger partial charge in [-0.15, -0.1) is 0 Å². The molecule has 1 aromatic heterocycles. The highest BCUT2D eigenvalue weighted by Crippen LogP contribution is 2.22. The maximum atomic E-state index is 12.5. The zero-order valence-corrected chi connectivity index (χ0v) is 14.3. The molecule has 5 nitrogen and oxygen atoms in total. The Hall–Kier alpha value is -2.43. The van der Waals surface area contributed by atoms with Crippen LogP contribution in [0.1, 0.15) is 31.6 Å². The molecule has 0 spiro atoms. The van der Waals surface area contributed by atoms with Crippen LogP contribution in [0.15, 0.2) is 53.1 Å². The summed E-state index contributed by atoms with van der Waals surface area (Å²) in [5.41, 5.74) is 1.22. The van der Waals surface area contributed by atoms with Gasteiger partial charge in [0.2, 0.25) is 0 Å². The van der Waals surface area contributed by atoms with Crippen molar-refractivity contribution in [2.45, 2.75) is 31.8 Å². The molecule has 1 fully saturated rings. The standard InChI is InChI=1S/C19H25N3O2/c1-15(18-11-7-13-24-18)20-19(23)21(2)17-10-6-12-22(14-17)16-8-4-3-5-9-16/h3-5,7-9,11,13,15,17H,6,10,12,14H2,1-2H3,(H,20,23). The monoisotopic (exact) mass is 327 g/mol. The molecule has 3 rings (SSSR count). The van der Waals surface area contributed by atoms with Crippen LogP contribution in [-0.2, 0) is 0 Å². The van der Waals surface area contributed by atoms with Gasteiger partial charge in [0.25, 0.3) is 0 Å². The Morgan fingerprint density at radius 1 is 1.29 bits per heavy atom. The Morgan fingerprint density at radius 2 is 2.08 bits per heavy atom. The molecule has 0 bridgehead atoms. The van der Waals surface area contributed by atoms with Gasteiger partial charge in [-0.25, -0.2) is 4.79 Å². The summed E-state index contributed by atoms with van der Waals surface area (Å²) in [5.74, 6) is 0.770. The number of hydrogen-bond donors (Lipinski definition) is 1. The van der Waals surface area contributed by atoms with Crippen LogP contribution in [0.5, 0.6) is 0 Å². The molecule has 1 aliphatic rings. The van der Waals surface area contributed by atoms with Gasteiger partial charge in [-0.2, -0.15) is 0 Å². The minimum atomic E-state index is -0.135. The zero-order chi connectivity index (χ0) is 16.9. The van der Waals surface area contributed by atoms with Crippen LogP contribution in [0.3, 0.4) is 0 Å². The van der Waals surface area contributed by atoms with Crippen LogP contribution < -0.4 is 10.2 Å². The van der Waals surface area contributed by atoms with Crippen molar-refractivity contribution in [2.24, 2.45) is 0 Å². The fourth-order valence-electron chi connectivity index (χ4n) is 3.21. The summed E-state index contributed by atoms with van der Waals surface area (Å²) in [6.07, 6.45) is 3.74. The lowest BCUT2D eigenvalue weighted by molar-refractivity contribution is 0.178. The van der Waals surface area contributed by atoms with Gasteiger partial charge in [-0.3, -0.25) is 0 Å². The molecule has 0 aliphatic carbocycles. The number of anilines is 1. The molecule has 0 radical (unpaired) electrons. The van der Waals surface area contributed by atoms with Crippen molar-refractivity contribution in [1.29, 1.82) is 0 Å². The first kappa shape index (κ1) is 16.4. The summed E-state index contributed by atoms with van der Waals surface area (Å²) < 4.78 is 5.35. The number of furan rings is 1. The predicted octanol–water partition coefficient (Wildman–Crippen LogP) is 3.65. The number of nitrogens with one attached hydrogen (secondary N) is 1. The van der Waals surface area contributed by atoms with E-state index in [1.165, 1.54) is 5.69 Å². The normalized spacial score (nSPS) is 18.9. The van der Waals surface area contributed by atoms with Gasteiger partial charge < -0.3 is 19.5 Å². The lowest BCUT2D eigenvalue weighted by Gasteiger charge is -2.39. The quantitative estimate of drug-likeness (QED) is 0.932. The largest absolute Gasteiger partial charge is 0.467 e. The third-order valence-corrected chi connectivity index (χ3v) is 4.70. The number of para-hydroxylation sites is 1. The third-order valence-electron chi connectivity index (χ3n) is 4.70. The second kappa shape index (κ2) is 7.43. The topological polar surface area (TPSA) is 48.7 Å². The highest BCUT2D eigenvalue weighted by Gasteiger charge is 2.27. The first-order chi connectivity index (χ1) is 11.6. The lowest BCUT2D eigenvalue weighted by Crippen LogP contribution is -2.51. The van der Waals surface area contributed by atoms with Crippen molar-refractivity contribution in [3.63, 3.8) is 0 Å². The fourth-order valence-corrected chi connectivity index (χ4v) is 3.21. The molecule has 2 unspecified atom stereocenters. The van der Waals surface area contributed by atoms with E-state index in [-0.39, 0.29) is 18.1 Å². The van der Waals surface area contributed by atoms with Crippen molar-refractivity contribution < 1.29 is 9.21 Å². The molecule has 2 amide bonds. The van der Waals surface area contributed by atoms with E-state index in [4.69, 9.17) is 4.42 Å². The van der Waals surface area contributed by atoms with Gasteiger partial charge in [-0.05, 0) is 44.0 Å². The Kier molecular flexibility index (Phi) is 5.08. The van der Waals surface area contributed by atoms with Crippen molar-refractivity contribution >= 4 is 11.7 Å². The van der Waals surface area contributed by atoms with Crippen LogP contribution in [0, 0.1) is 0 Å². The number of rotatable bonds is 4. The average Bonchev–Trinajstić information content (AvgIpc) is 3.17. The summed E-state index contributed by atoms with van der Waals surface area (Å²) in [6.45, 7) is 3.84. The number of urea groups is 1. The van der Waals surface area contributed by atoms with E-state index < -0.39 is 0 Å². The van der Waals surface area contributed by atoms with E-state index in [0.717, 1.165) is 31.7 Å². The number of hydrogen-bond acceptors (Lipinski definition) is 3. The number of benzene rings is 1. The SMILES string of the molecule is CC(NC(=O)N(C)C1CCCN(c2ccccc2)C1)c1ccco1. The summed E-state index contributed by atoms with van der Waals surface area (Å²) >= 11 is 0. The number of carbonyl (C=O) groups excluding carboxylic acids is 1. The molecule has 2 atom stereocenters. The molecule has 1 aliphatic heterocycles. The predicted molar refractivity (Wildman–Crippen MR) is 95.1 cm³/mol. The second-order valence-corrected chi connectivity index (χ2v) is 6.38. The maximum Gasteiger partial charge on any atom is 0.318 e. The number of amides is 2. The number of carbonyl (C=O) groups is 1. The minimum Gasteiger partial charge on any atom is -0.467 e. The molecule has 24 heavy (non-hydrogen) atoms. The van der Waals surface area contributed by atoms with Crippen molar-refractivity contribution in [1.82, 2.24) is 10.2 Å². The number of likely N-dealkylation sites (N-methyl/N-ethyl adjacent to an activating group) is 1. The smallest absolute Gasteiger partial charge is 0.318 e. The Morgan fingerprint density at radius 3 is 2.79 bits per heavy atom. The zero-order valence-electron chi connectivity index (χ0n) is 14.3. The first-order valence-electron chi connectivity index (χ1n) is 8.52. The van der Waals surface area contributed by atoms with Gasteiger partial charge in [0, 0.05) is 25.8 Å². The minimum absolute atomic E-state index is 0.0567.